The Labute approximate surface area is 186 Å². The van der Waals surface area contributed by atoms with Crippen LogP contribution in [0.2, 0.25) is 0 Å². The number of carbonyl (C=O) groups is 1. The summed E-state index contributed by atoms with van der Waals surface area (Å²) in [4.78, 5) is 14.4. The van der Waals surface area contributed by atoms with E-state index in [1.54, 1.807) is 34.0 Å². The zero-order valence-electron chi connectivity index (χ0n) is 18.0. The molecule has 0 unspecified atom stereocenters. The second-order valence-electron chi connectivity index (χ2n) is 7.80. The molecule has 2 aromatic heterocycles. The second-order valence-corrected chi connectivity index (χ2v) is 7.80. The number of carbonyl (C=O) groups excluding carboxylic acids is 1. The quantitative estimate of drug-likeness (QED) is 0.384. The molecule has 2 aromatic carbocycles. The lowest BCUT2D eigenvalue weighted by Crippen LogP contribution is -2.28. The number of aromatic amines is 1. The molecule has 0 bridgehead atoms. The molecule has 0 spiro atoms. The Hall–Kier alpha value is -3.74. The third kappa shape index (κ3) is 5.29. The van der Waals surface area contributed by atoms with Gasteiger partial charge in [-0.2, -0.15) is 10.2 Å². The first-order valence-electron chi connectivity index (χ1n) is 10.8. The Kier molecular flexibility index (Phi) is 6.75. The van der Waals surface area contributed by atoms with Crippen LogP contribution in [0.1, 0.15) is 35.4 Å². The van der Waals surface area contributed by atoms with Crippen molar-refractivity contribution in [2.45, 2.75) is 25.7 Å². The Morgan fingerprint density at radius 3 is 2.59 bits per heavy atom. The molecule has 0 atom stereocenters. The first kappa shape index (κ1) is 21.5. The maximum absolute atomic E-state index is 13.1. The van der Waals surface area contributed by atoms with Gasteiger partial charge in [0.1, 0.15) is 5.82 Å². The highest BCUT2D eigenvalue weighted by Gasteiger charge is 2.15. The summed E-state index contributed by atoms with van der Waals surface area (Å²) in [5.74, 6) is -0.324. The summed E-state index contributed by atoms with van der Waals surface area (Å²) >= 11 is 0. The van der Waals surface area contributed by atoms with Gasteiger partial charge >= 0.3 is 0 Å². The molecule has 0 aliphatic carbocycles. The maximum Gasteiger partial charge on any atom is 0.274 e. The topological polar surface area (TPSA) is 66.8 Å². The van der Waals surface area contributed by atoms with Crippen molar-refractivity contribution in [1.29, 1.82) is 0 Å². The molecule has 164 valence electrons. The molecule has 6 nitrogen and oxygen atoms in total. The summed E-state index contributed by atoms with van der Waals surface area (Å²) in [5, 5.41) is 11.8. The molecule has 0 aliphatic heterocycles. The molecule has 0 aliphatic rings. The average molecular weight is 432 g/mol. The van der Waals surface area contributed by atoms with E-state index in [1.165, 1.54) is 12.1 Å². The van der Waals surface area contributed by atoms with Gasteiger partial charge in [0, 0.05) is 31.0 Å². The van der Waals surface area contributed by atoms with E-state index in [2.05, 4.69) is 15.3 Å². The van der Waals surface area contributed by atoms with E-state index in [0.29, 0.717) is 12.2 Å². The highest BCUT2D eigenvalue weighted by molar-refractivity contribution is 5.92. The van der Waals surface area contributed by atoms with Crippen LogP contribution in [0, 0.1) is 5.82 Å². The molecular formula is C25H26FN5O. The number of nitrogens with one attached hydrogen (secondary N) is 1. The molecule has 0 radical (unpaired) electrons. The van der Waals surface area contributed by atoms with E-state index < -0.39 is 0 Å². The van der Waals surface area contributed by atoms with Gasteiger partial charge in [0.05, 0.1) is 11.4 Å². The van der Waals surface area contributed by atoms with Crippen molar-refractivity contribution >= 4 is 5.91 Å². The van der Waals surface area contributed by atoms with Crippen molar-refractivity contribution in [2.75, 3.05) is 13.6 Å². The number of hydrogen-bond donors (Lipinski definition) is 1. The number of benzene rings is 2. The van der Waals surface area contributed by atoms with E-state index in [9.17, 15) is 9.18 Å². The van der Waals surface area contributed by atoms with Crippen molar-refractivity contribution in [1.82, 2.24) is 24.9 Å². The summed E-state index contributed by atoms with van der Waals surface area (Å²) in [7, 11) is 1.81. The van der Waals surface area contributed by atoms with E-state index >= 15 is 0 Å². The molecule has 0 fully saturated rings. The van der Waals surface area contributed by atoms with Crippen LogP contribution in [0.15, 0.2) is 72.9 Å². The van der Waals surface area contributed by atoms with Crippen LogP contribution in [0.4, 0.5) is 4.39 Å². The van der Waals surface area contributed by atoms with Crippen molar-refractivity contribution < 1.29 is 9.18 Å². The van der Waals surface area contributed by atoms with Gasteiger partial charge < -0.3 is 4.90 Å². The third-order valence-electron chi connectivity index (χ3n) is 5.39. The Morgan fingerprint density at radius 1 is 1.03 bits per heavy atom. The first-order chi connectivity index (χ1) is 15.6. The Balaban J connectivity index is 1.20. The largest absolute Gasteiger partial charge is 0.340 e. The molecule has 7 heteroatoms. The summed E-state index contributed by atoms with van der Waals surface area (Å²) in [5.41, 5.74) is 4.14. The minimum absolute atomic E-state index is 0.0720. The maximum atomic E-state index is 13.1. The van der Waals surface area contributed by atoms with Gasteiger partial charge in [0.2, 0.25) is 0 Å². The van der Waals surface area contributed by atoms with Gasteiger partial charge in [0.15, 0.2) is 5.69 Å². The molecule has 0 saturated carbocycles. The number of hydrogen-bond acceptors (Lipinski definition) is 3. The van der Waals surface area contributed by atoms with Crippen LogP contribution in [0.5, 0.6) is 0 Å². The standard InChI is InChI=1S/C25H26FN5O/c1-30(25(32)23-15-17-31(29-23)22-9-5-2-6-10-22)16-7-3-4-8-21-18-24(28-27-21)19-11-13-20(26)14-12-19/h2,5-6,9-15,17-18H,3-4,7-8,16H2,1H3,(H,27,28). The second kappa shape index (κ2) is 10.0. The van der Waals surface area contributed by atoms with Crippen LogP contribution >= 0.6 is 0 Å². The number of halogens is 1. The monoisotopic (exact) mass is 431 g/mol. The molecule has 0 saturated heterocycles. The lowest BCUT2D eigenvalue weighted by molar-refractivity contribution is 0.0786. The third-order valence-corrected chi connectivity index (χ3v) is 5.39. The fraction of sp³-hybridized carbons (Fsp3) is 0.240. The van der Waals surface area contributed by atoms with Crippen LogP contribution in [-0.2, 0) is 6.42 Å². The minimum Gasteiger partial charge on any atom is -0.340 e. The number of amides is 1. The number of aromatic nitrogens is 4. The van der Waals surface area contributed by atoms with Crippen molar-refractivity contribution in [2.24, 2.45) is 0 Å². The van der Waals surface area contributed by atoms with Gasteiger partial charge in [-0.1, -0.05) is 24.6 Å². The molecule has 2 heterocycles. The fourth-order valence-electron chi connectivity index (χ4n) is 3.56. The lowest BCUT2D eigenvalue weighted by atomic mass is 10.1. The van der Waals surface area contributed by atoms with Gasteiger partial charge in [-0.05, 0) is 67.8 Å². The Bertz CT molecular complexity index is 1150. The fourth-order valence-corrected chi connectivity index (χ4v) is 3.56. The lowest BCUT2D eigenvalue weighted by Gasteiger charge is -2.15. The molecule has 4 aromatic rings. The van der Waals surface area contributed by atoms with E-state index in [4.69, 9.17) is 0 Å². The van der Waals surface area contributed by atoms with Gasteiger partial charge in [0.25, 0.3) is 5.91 Å². The number of para-hydroxylation sites is 1. The van der Waals surface area contributed by atoms with Crippen molar-refractivity contribution in [3.05, 3.63) is 90.1 Å². The number of H-pyrrole nitrogens is 1. The SMILES string of the molecule is CN(CCCCCc1cc(-c2ccc(F)cc2)n[nH]1)C(=O)c1ccn(-c2ccccc2)n1. The van der Waals surface area contributed by atoms with Crippen LogP contribution in [0.3, 0.4) is 0 Å². The van der Waals surface area contributed by atoms with Crippen molar-refractivity contribution in [3.63, 3.8) is 0 Å². The molecule has 1 N–H and O–H groups in total. The summed E-state index contributed by atoms with van der Waals surface area (Å²) < 4.78 is 14.8. The number of unbranched alkanes of at least 4 members (excludes halogenated alkanes) is 2. The zero-order chi connectivity index (χ0) is 22.3. The number of aryl methyl sites for hydroxylation is 1. The predicted octanol–water partition coefficient (Wildman–Crippen LogP) is 4.89. The molecular weight excluding hydrogens is 405 g/mol. The Morgan fingerprint density at radius 2 is 1.81 bits per heavy atom. The van der Waals surface area contributed by atoms with E-state index in [1.807, 2.05) is 43.4 Å². The average Bonchev–Trinajstić information content (AvgIpc) is 3.50. The van der Waals surface area contributed by atoms with Gasteiger partial charge in [-0.15, -0.1) is 0 Å². The smallest absolute Gasteiger partial charge is 0.274 e. The number of rotatable bonds is 9. The molecule has 1 amide bonds. The summed E-state index contributed by atoms with van der Waals surface area (Å²) in [6.07, 6.45) is 5.60. The van der Waals surface area contributed by atoms with Crippen LogP contribution in [-0.4, -0.2) is 44.4 Å². The van der Waals surface area contributed by atoms with Crippen LogP contribution < -0.4 is 0 Å². The highest BCUT2D eigenvalue weighted by atomic mass is 19.1. The summed E-state index contributed by atoms with van der Waals surface area (Å²) in [6, 6.07) is 19.8. The predicted molar refractivity (Wildman–Crippen MR) is 122 cm³/mol. The van der Waals surface area contributed by atoms with Gasteiger partial charge in [-0.25, -0.2) is 9.07 Å². The number of nitrogens with zero attached hydrogens (tertiary/aromatic N) is 4. The van der Waals surface area contributed by atoms with Crippen molar-refractivity contribution in [3.8, 4) is 16.9 Å². The molecule has 4 rings (SSSR count). The summed E-state index contributed by atoms with van der Waals surface area (Å²) in [6.45, 7) is 0.681. The van der Waals surface area contributed by atoms with Crippen LogP contribution in [0.25, 0.3) is 16.9 Å². The first-order valence-corrected chi connectivity index (χ1v) is 10.8. The minimum atomic E-state index is -0.252. The highest BCUT2D eigenvalue weighted by Crippen LogP contribution is 2.19. The zero-order valence-corrected chi connectivity index (χ0v) is 18.0. The normalized spacial score (nSPS) is 10.9. The van der Waals surface area contributed by atoms with E-state index in [0.717, 1.165) is 48.3 Å². The van der Waals surface area contributed by atoms with Gasteiger partial charge in [-0.3, -0.25) is 9.89 Å². The van der Waals surface area contributed by atoms with E-state index in [-0.39, 0.29) is 11.7 Å². The molecule has 32 heavy (non-hydrogen) atoms.